The molecular weight excluding hydrogens is 428 g/mol. The molecule has 0 saturated heterocycles. The number of carbonyl (C=O) groups excluding carboxylic acids is 2. The summed E-state index contributed by atoms with van der Waals surface area (Å²) in [7, 11) is 7.88. The molecule has 0 aromatic heterocycles. The number of carbonyl (C=O) groups is 2. The lowest BCUT2D eigenvalue weighted by Crippen LogP contribution is -2.10. The van der Waals surface area contributed by atoms with Crippen molar-refractivity contribution in [1.29, 1.82) is 0 Å². The van der Waals surface area contributed by atoms with Crippen LogP contribution in [0.4, 0.5) is 11.4 Å². The van der Waals surface area contributed by atoms with Crippen molar-refractivity contribution in [3.05, 3.63) is 59.7 Å². The van der Waals surface area contributed by atoms with Gasteiger partial charge in [-0.2, -0.15) is 0 Å². The SMILES string of the molecule is CCCCCOC(=O)c1ccc(N(C)C)cc1.CCCCCOC(=O)c1ccc(N(C)C)cc1. The molecule has 34 heavy (non-hydrogen) atoms. The van der Waals surface area contributed by atoms with Crippen LogP contribution < -0.4 is 9.80 Å². The molecule has 0 aliphatic rings. The standard InChI is InChI=1S/2C14H21NO2/c2*1-4-5-6-11-17-14(16)12-7-9-13(10-8-12)15(2)3/h2*7-10H,4-6,11H2,1-3H3. The van der Waals surface area contributed by atoms with Crippen molar-refractivity contribution < 1.29 is 19.1 Å². The molecule has 2 aromatic rings. The maximum absolute atomic E-state index is 11.7. The third-order valence-electron chi connectivity index (χ3n) is 5.20. The summed E-state index contributed by atoms with van der Waals surface area (Å²) >= 11 is 0. The van der Waals surface area contributed by atoms with E-state index < -0.39 is 0 Å². The summed E-state index contributed by atoms with van der Waals surface area (Å²) < 4.78 is 10.4. The van der Waals surface area contributed by atoms with Gasteiger partial charge in [-0.05, 0) is 61.4 Å². The van der Waals surface area contributed by atoms with Gasteiger partial charge >= 0.3 is 11.9 Å². The van der Waals surface area contributed by atoms with Crippen molar-refractivity contribution in [3.63, 3.8) is 0 Å². The Hall–Kier alpha value is -3.02. The van der Waals surface area contributed by atoms with Crippen LogP contribution in [0.2, 0.25) is 0 Å². The monoisotopic (exact) mass is 470 g/mol. The third kappa shape index (κ3) is 11.2. The van der Waals surface area contributed by atoms with E-state index in [1.165, 1.54) is 0 Å². The van der Waals surface area contributed by atoms with Crippen molar-refractivity contribution in [3.8, 4) is 0 Å². The molecule has 2 aromatic carbocycles. The Bertz CT molecular complexity index is 759. The Morgan fingerprint density at radius 1 is 0.588 bits per heavy atom. The Kier molecular flexibility index (Phi) is 14.1. The molecule has 6 nitrogen and oxygen atoms in total. The molecule has 0 atom stereocenters. The van der Waals surface area contributed by atoms with E-state index in [2.05, 4.69) is 13.8 Å². The van der Waals surface area contributed by atoms with Crippen molar-refractivity contribution in [1.82, 2.24) is 0 Å². The highest BCUT2D eigenvalue weighted by molar-refractivity contribution is 5.90. The molecule has 0 bridgehead atoms. The predicted molar refractivity (Wildman–Crippen MR) is 141 cm³/mol. The molecule has 0 spiro atoms. The lowest BCUT2D eigenvalue weighted by atomic mass is 10.2. The highest BCUT2D eigenvalue weighted by atomic mass is 16.5. The number of anilines is 2. The zero-order chi connectivity index (χ0) is 25.3. The lowest BCUT2D eigenvalue weighted by Gasteiger charge is -2.12. The van der Waals surface area contributed by atoms with Crippen LogP contribution in [0.3, 0.4) is 0 Å². The second-order valence-corrected chi connectivity index (χ2v) is 8.57. The molecule has 0 aliphatic carbocycles. The van der Waals surface area contributed by atoms with E-state index in [0.717, 1.165) is 49.9 Å². The van der Waals surface area contributed by atoms with Crippen LogP contribution in [0.1, 0.15) is 73.1 Å². The van der Waals surface area contributed by atoms with Crippen LogP contribution in [-0.2, 0) is 9.47 Å². The molecule has 0 N–H and O–H groups in total. The van der Waals surface area contributed by atoms with Crippen molar-refractivity contribution in [2.45, 2.75) is 52.4 Å². The number of nitrogens with zero attached hydrogens (tertiary/aromatic N) is 2. The van der Waals surface area contributed by atoms with Crippen LogP contribution in [0.25, 0.3) is 0 Å². The number of esters is 2. The molecule has 0 aliphatic heterocycles. The maximum Gasteiger partial charge on any atom is 0.338 e. The fourth-order valence-corrected chi connectivity index (χ4v) is 2.99. The molecule has 2 rings (SSSR count). The topological polar surface area (TPSA) is 59.1 Å². The molecule has 0 unspecified atom stereocenters. The summed E-state index contributed by atoms with van der Waals surface area (Å²) in [6.45, 7) is 5.29. The van der Waals surface area contributed by atoms with Crippen LogP contribution in [0.15, 0.2) is 48.5 Å². The van der Waals surface area contributed by atoms with Gasteiger partial charge in [0.2, 0.25) is 0 Å². The first-order chi connectivity index (χ1) is 16.3. The minimum absolute atomic E-state index is 0.230. The fourth-order valence-electron chi connectivity index (χ4n) is 2.99. The molecule has 0 saturated carbocycles. The lowest BCUT2D eigenvalue weighted by molar-refractivity contribution is 0.0489. The Labute approximate surface area is 205 Å². The maximum atomic E-state index is 11.7. The summed E-state index contributed by atoms with van der Waals surface area (Å²) in [5.74, 6) is -0.460. The number of unbranched alkanes of at least 4 members (excludes halogenated alkanes) is 4. The van der Waals surface area contributed by atoms with E-state index in [9.17, 15) is 9.59 Å². The fraction of sp³-hybridized carbons (Fsp3) is 0.500. The van der Waals surface area contributed by atoms with Crippen molar-refractivity contribution in [2.24, 2.45) is 0 Å². The first-order valence-electron chi connectivity index (χ1n) is 12.2. The highest BCUT2D eigenvalue weighted by Crippen LogP contribution is 2.14. The van der Waals surface area contributed by atoms with Crippen LogP contribution >= 0.6 is 0 Å². The van der Waals surface area contributed by atoms with Gasteiger partial charge in [0.25, 0.3) is 0 Å². The molecule has 0 heterocycles. The summed E-state index contributed by atoms with van der Waals surface area (Å²) in [5, 5.41) is 0. The van der Waals surface area contributed by atoms with E-state index in [1.54, 1.807) is 24.3 Å². The smallest absolute Gasteiger partial charge is 0.338 e. The normalized spacial score (nSPS) is 10.1. The number of benzene rings is 2. The van der Waals surface area contributed by atoms with E-state index in [0.29, 0.717) is 24.3 Å². The van der Waals surface area contributed by atoms with Gasteiger partial charge < -0.3 is 19.3 Å². The summed E-state index contributed by atoms with van der Waals surface area (Å²) in [4.78, 5) is 27.3. The van der Waals surface area contributed by atoms with Gasteiger partial charge in [-0.3, -0.25) is 0 Å². The van der Waals surface area contributed by atoms with E-state index in [4.69, 9.17) is 9.47 Å². The average Bonchev–Trinajstić information content (AvgIpc) is 2.84. The second-order valence-electron chi connectivity index (χ2n) is 8.57. The van der Waals surface area contributed by atoms with E-state index >= 15 is 0 Å². The van der Waals surface area contributed by atoms with Gasteiger partial charge in [-0.15, -0.1) is 0 Å². The second kappa shape index (κ2) is 16.6. The first-order valence-corrected chi connectivity index (χ1v) is 12.2. The Morgan fingerprint density at radius 3 is 1.18 bits per heavy atom. The minimum atomic E-state index is -0.230. The largest absolute Gasteiger partial charge is 0.462 e. The van der Waals surface area contributed by atoms with Gasteiger partial charge in [-0.1, -0.05) is 39.5 Å². The quantitative estimate of drug-likeness (QED) is 0.272. The molecule has 0 amide bonds. The molecule has 188 valence electrons. The van der Waals surface area contributed by atoms with E-state index in [-0.39, 0.29) is 11.9 Å². The summed E-state index contributed by atoms with van der Waals surface area (Å²) in [5.41, 5.74) is 3.39. The molecule has 0 fully saturated rings. The summed E-state index contributed by atoms with van der Waals surface area (Å²) in [6, 6.07) is 14.9. The first kappa shape index (κ1) is 29.0. The summed E-state index contributed by atoms with van der Waals surface area (Å²) in [6.07, 6.45) is 6.36. The number of hydrogen-bond acceptors (Lipinski definition) is 6. The van der Waals surface area contributed by atoms with Crippen LogP contribution in [-0.4, -0.2) is 53.3 Å². The van der Waals surface area contributed by atoms with Gasteiger partial charge in [0.15, 0.2) is 0 Å². The van der Waals surface area contributed by atoms with Gasteiger partial charge in [0.1, 0.15) is 0 Å². The Balaban J connectivity index is 0.000000340. The number of rotatable bonds is 12. The van der Waals surface area contributed by atoms with Gasteiger partial charge in [0, 0.05) is 39.6 Å². The van der Waals surface area contributed by atoms with Gasteiger partial charge in [0.05, 0.1) is 24.3 Å². The molecular formula is C28H42N2O4. The van der Waals surface area contributed by atoms with Crippen molar-refractivity contribution >= 4 is 23.3 Å². The minimum Gasteiger partial charge on any atom is -0.462 e. The number of hydrogen-bond donors (Lipinski definition) is 0. The van der Waals surface area contributed by atoms with Gasteiger partial charge in [-0.25, -0.2) is 9.59 Å². The zero-order valence-corrected chi connectivity index (χ0v) is 21.8. The van der Waals surface area contributed by atoms with Crippen molar-refractivity contribution in [2.75, 3.05) is 51.2 Å². The molecule has 6 heteroatoms. The molecule has 0 radical (unpaired) electrons. The number of ether oxygens (including phenoxy) is 2. The predicted octanol–water partition coefficient (Wildman–Crippen LogP) is 6.20. The van der Waals surface area contributed by atoms with Crippen LogP contribution in [0, 0.1) is 0 Å². The Morgan fingerprint density at radius 2 is 0.912 bits per heavy atom. The van der Waals surface area contributed by atoms with E-state index in [1.807, 2.05) is 62.3 Å². The average molecular weight is 471 g/mol. The van der Waals surface area contributed by atoms with Crippen LogP contribution in [0.5, 0.6) is 0 Å². The highest BCUT2D eigenvalue weighted by Gasteiger charge is 2.07. The third-order valence-corrected chi connectivity index (χ3v) is 5.20. The zero-order valence-electron chi connectivity index (χ0n) is 21.8.